The maximum Gasteiger partial charge on any atom is 0.252 e. The summed E-state index contributed by atoms with van der Waals surface area (Å²) in [6.45, 7) is 0.564. The zero-order chi connectivity index (χ0) is 14.5. The molecule has 106 valence electrons. The zero-order valence-corrected chi connectivity index (χ0v) is 11.5. The Bertz CT molecular complexity index is 660. The summed E-state index contributed by atoms with van der Waals surface area (Å²) < 4.78 is 17.8. The van der Waals surface area contributed by atoms with Crippen LogP contribution in [-0.2, 0) is 17.9 Å². The van der Waals surface area contributed by atoms with Gasteiger partial charge in [-0.05, 0) is 17.7 Å². The summed E-state index contributed by atoms with van der Waals surface area (Å²) in [5.74, 6) is -0.0858. The van der Waals surface area contributed by atoms with Crippen molar-refractivity contribution in [1.82, 2.24) is 9.97 Å². The second-order valence-corrected chi connectivity index (χ2v) is 4.51. The van der Waals surface area contributed by atoms with E-state index in [1.807, 2.05) is 0 Å². The summed E-state index contributed by atoms with van der Waals surface area (Å²) in [5.41, 5.74) is 0.941. The number of aromatic amines is 1. The molecule has 0 aliphatic rings. The molecule has 0 unspecified atom stereocenters. The highest BCUT2D eigenvalue weighted by atomic mass is 35.5. The summed E-state index contributed by atoms with van der Waals surface area (Å²) in [7, 11) is 1.52. The molecule has 7 heteroatoms. The third-order valence-electron chi connectivity index (χ3n) is 2.55. The van der Waals surface area contributed by atoms with Crippen molar-refractivity contribution in [1.29, 1.82) is 0 Å². The molecule has 1 aromatic carbocycles. The van der Waals surface area contributed by atoms with E-state index in [4.69, 9.17) is 16.3 Å². The van der Waals surface area contributed by atoms with Crippen molar-refractivity contribution in [3.05, 3.63) is 56.7 Å². The number of ether oxygens (including phenoxy) is 1. The van der Waals surface area contributed by atoms with E-state index in [1.165, 1.54) is 25.3 Å². The molecule has 1 heterocycles. The van der Waals surface area contributed by atoms with E-state index < -0.39 is 5.82 Å². The number of nitrogens with one attached hydrogen (secondary N) is 2. The van der Waals surface area contributed by atoms with Crippen molar-refractivity contribution >= 4 is 17.5 Å². The van der Waals surface area contributed by atoms with Crippen LogP contribution in [-0.4, -0.2) is 17.1 Å². The first-order valence-electron chi connectivity index (χ1n) is 5.85. The van der Waals surface area contributed by atoms with Crippen molar-refractivity contribution in [2.24, 2.45) is 0 Å². The lowest BCUT2D eigenvalue weighted by Gasteiger charge is -2.08. The van der Waals surface area contributed by atoms with Crippen molar-refractivity contribution < 1.29 is 9.13 Å². The Kier molecular flexibility index (Phi) is 4.70. The highest BCUT2D eigenvalue weighted by Gasteiger charge is 2.04. The van der Waals surface area contributed by atoms with Crippen molar-refractivity contribution in [2.75, 3.05) is 12.4 Å². The minimum absolute atomic E-state index is 0.246. The van der Waals surface area contributed by atoms with Crippen LogP contribution in [0.4, 0.5) is 10.3 Å². The van der Waals surface area contributed by atoms with Gasteiger partial charge in [0.1, 0.15) is 5.82 Å². The lowest BCUT2D eigenvalue weighted by Crippen LogP contribution is -2.14. The van der Waals surface area contributed by atoms with Gasteiger partial charge < -0.3 is 10.1 Å². The van der Waals surface area contributed by atoms with Gasteiger partial charge in [0.15, 0.2) is 0 Å². The van der Waals surface area contributed by atoms with Crippen molar-refractivity contribution in [3.63, 3.8) is 0 Å². The first-order chi connectivity index (χ1) is 9.58. The molecule has 0 atom stereocenters. The molecule has 0 radical (unpaired) electrons. The molecular weight excluding hydrogens is 285 g/mol. The number of hydrogen-bond donors (Lipinski definition) is 2. The smallest absolute Gasteiger partial charge is 0.252 e. The zero-order valence-electron chi connectivity index (χ0n) is 10.7. The Balaban J connectivity index is 2.12. The van der Waals surface area contributed by atoms with E-state index in [1.54, 1.807) is 6.07 Å². The van der Waals surface area contributed by atoms with Crippen LogP contribution in [0.25, 0.3) is 0 Å². The highest BCUT2D eigenvalue weighted by molar-refractivity contribution is 6.31. The topological polar surface area (TPSA) is 67.0 Å². The summed E-state index contributed by atoms with van der Waals surface area (Å²) in [6, 6.07) is 5.48. The number of rotatable bonds is 5. The quantitative estimate of drug-likeness (QED) is 0.889. The van der Waals surface area contributed by atoms with E-state index in [2.05, 4.69) is 15.3 Å². The Hall–Kier alpha value is -1.92. The van der Waals surface area contributed by atoms with Crippen LogP contribution < -0.4 is 10.9 Å². The Morgan fingerprint density at radius 2 is 2.25 bits per heavy atom. The average Bonchev–Trinajstić information content (AvgIpc) is 2.37. The Morgan fingerprint density at radius 1 is 1.45 bits per heavy atom. The molecule has 0 fully saturated rings. The maximum atomic E-state index is 12.9. The van der Waals surface area contributed by atoms with E-state index in [0.29, 0.717) is 28.8 Å². The SMILES string of the molecule is COCc1cc(=O)[nH]c(NCc2ccc(F)cc2Cl)n1. The fourth-order valence-corrected chi connectivity index (χ4v) is 1.89. The number of halogens is 2. The van der Waals surface area contributed by atoms with Crippen LogP contribution in [0.15, 0.2) is 29.1 Å². The Morgan fingerprint density at radius 3 is 2.95 bits per heavy atom. The summed E-state index contributed by atoms with van der Waals surface area (Å²) in [4.78, 5) is 18.2. The molecule has 0 aliphatic heterocycles. The van der Waals surface area contributed by atoms with E-state index in [-0.39, 0.29) is 12.2 Å². The number of aromatic nitrogens is 2. The summed E-state index contributed by atoms with van der Waals surface area (Å²) in [6.07, 6.45) is 0. The fourth-order valence-electron chi connectivity index (χ4n) is 1.66. The number of hydrogen-bond acceptors (Lipinski definition) is 4. The number of anilines is 1. The third kappa shape index (κ3) is 3.79. The van der Waals surface area contributed by atoms with Gasteiger partial charge in [-0.15, -0.1) is 0 Å². The van der Waals surface area contributed by atoms with Crippen LogP contribution in [0.5, 0.6) is 0 Å². The minimum atomic E-state index is -0.396. The van der Waals surface area contributed by atoms with Crippen molar-refractivity contribution in [2.45, 2.75) is 13.2 Å². The van der Waals surface area contributed by atoms with Crippen LogP contribution in [0.2, 0.25) is 5.02 Å². The molecule has 0 aliphatic carbocycles. The van der Waals surface area contributed by atoms with Gasteiger partial charge in [0.25, 0.3) is 5.56 Å². The monoisotopic (exact) mass is 297 g/mol. The molecule has 20 heavy (non-hydrogen) atoms. The van der Waals surface area contributed by atoms with Crippen LogP contribution in [0.1, 0.15) is 11.3 Å². The first kappa shape index (κ1) is 14.5. The van der Waals surface area contributed by atoms with E-state index in [9.17, 15) is 9.18 Å². The van der Waals surface area contributed by atoms with Gasteiger partial charge in [-0.3, -0.25) is 9.78 Å². The molecule has 2 aromatic rings. The summed E-state index contributed by atoms with van der Waals surface area (Å²) in [5, 5.41) is 3.24. The Labute approximate surface area is 119 Å². The number of H-pyrrole nitrogens is 1. The predicted molar refractivity (Wildman–Crippen MR) is 74.3 cm³/mol. The molecule has 1 aromatic heterocycles. The number of benzene rings is 1. The predicted octanol–water partition coefficient (Wildman–Crippen LogP) is 2.32. The molecule has 5 nitrogen and oxygen atoms in total. The lowest BCUT2D eigenvalue weighted by atomic mass is 10.2. The maximum absolute atomic E-state index is 12.9. The van der Waals surface area contributed by atoms with E-state index in [0.717, 1.165) is 0 Å². The lowest BCUT2D eigenvalue weighted by molar-refractivity contribution is 0.181. The minimum Gasteiger partial charge on any atom is -0.378 e. The molecule has 2 N–H and O–H groups in total. The van der Waals surface area contributed by atoms with Crippen molar-refractivity contribution in [3.8, 4) is 0 Å². The largest absolute Gasteiger partial charge is 0.378 e. The number of nitrogens with zero attached hydrogens (tertiary/aromatic N) is 1. The second kappa shape index (κ2) is 6.49. The standard InChI is InChI=1S/C13H13ClFN3O2/c1-20-7-10-5-12(19)18-13(17-10)16-6-8-2-3-9(15)4-11(8)14/h2-5H,6-7H2,1H3,(H2,16,17,18,19). The molecule has 0 saturated heterocycles. The normalized spacial score (nSPS) is 10.6. The first-order valence-corrected chi connectivity index (χ1v) is 6.23. The van der Waals surface area contributed by atoms with Gasteiger partial charge in [0, 0.05) is 24.7 Å². The summed E-state index contributed by atoms with van der Waals surface area (Å²) >= 11 is 5.92. The molecule has 0 saturated carbocycles. The molecule has 2 rings (SSSR count). The van der Waals surface area contributed by atoms with Crippen LogP contribution in [0, 0.1) is 5.82 Å². The van der Waals surface area contributed by atoms with Gasteiger partial charge in [0.2, 0.25) is 5.95 Å². The molecule has 0 amide bonds. The van der Waals surface area contributed by atoms with Gasteiger partial charge in [-0.25, -0.2) is 9.37 Å². The van der Waals surface area contributed by atoms with Gasteiger partial charge in [0.05, 0.1) is 12.3 Å². The molecule has 0 bridgehead atoms. The van der Waals surface area contributed by atoms with Gasteiger partial charge in [-0.2, -0.15) is 0 Å². The fraction of sp³-hybridized carbons (Fsp3) is 0.231. The highest BCUT2D eigenvalue weighted by Crippen LogP contribution is 2.17. The third-order valence-corrected chi connectivity index (χ3v) is 2.90. The number of methoxy groups -OCH3 is 1. The molecule has 0 spiro atoms. The molecular formula is C13H13ClFN3O2. The van der Waals surface area contributed by atoms with Crippen LogP contribution in [0.3, 0.4) is 0 Å². The van der Waals surface area contributed by atoms with E-state index >= 15 is 0 Å². The van der Waals surface area contributed by atoms with Gasteiger partial charge in [-0.1, -0.05) is 17.7 Å². The van der Waals surface area contributed by atoms with Crippen LogP contribution >= 0.6 is 11.6 Å². The van der Waals surface area contributed by atoms with Gasteiger partial charge >= 0.3 is 0 Å². The average molecular weight is 298 g/mol. The second-order valence-electron chi connectivity index (χ2n) is 4.11.